The molecule has 4 rings (SSSR count). The second-order valence-corrected chi connectivity index (χ2v) is 6.61. The van der Waals surface area contributed by atoms with Crippen LogP contribution in [0.3, 0.4) is 0 Å². The Morgan fingerprint density at radius 3 is 2.56 bits per heavy atom. The summed E-state index contributed by atoms with van der Waals surface area (Å²) in [7, 11) is 0. The highest BCUT2D eigenvalue weighted by molar-refractivity contribution is 5.95. The Hall–Kier alpha value is -2.77. The van der Waals surface area contributed by atoms with Crippen molar-refractivity contribution in [1.82, 2.24) is 9.78 Å². The summed E-state index contributed by atoms with van der Waals surface area (Å²) in [5.41, 5.74) is -0.355. The number of nitrogens with zero attached hydrogens (tertiary/aromatic N) is 2. The van der Waals surface area contributed by atoms with Gasteiger partial charge in [0.1, 0.15) is 5.92 Å². The van der Waals surface area contributed by atoms with Crippen LogP contribution >= 0.6 is 0 Å². The van der Waals surface area contributed by atoms with Gasteiger partial charge in [0.05, 0.1) is 16.8 Å². The molecule has 1 aromatic carbocycles. The number of rotatable bonds is 4. The molecule has 1 aromatic heterocycles. The topological polar surface area (TPSA) is 84.2 Å². The van der Waals surface area contributed by atoms with Crippen LogP contribution in [-0.2, 0) is 9.59 Å². The highest BCUT2D eigenvalue weighted by Crippen LogP contribution is 2.76. The Bertz CT molecular complexity index is 845. The lowest BCUT2D eigenvalue weighted by Gasteiger charge is -2.35. The molecule has 1 heterocycles. The summed E-state index contributed by atoms with van der Waals surface area (Å²) in [5.74, 6) is -7.37. The standard InChI is InChI=1S/C17H15F2N3O3/c18-17(19)13(15(24)25)16(17)8-10(9-16)14(23)21-11-4-1-2-5-12(11)22-7-3-6-20-22/h1-7,10,13H,8-9H2,(H,21,23)(H,24,25). The quantitative estimate of drug-likeness (QED) is 0.890. The summed E-state index contributed by atoms with van der Waals surface area (Å²) in [6.45, 7) is 0. The molecule has 1 atom stereocenters. The van der Waals surface area contributed by atoms with Crippen LogP contribution in [0.15, 0.2) is 42.7 Å². The lowest BCUT2D eigenvalue weighted by atomic mass is 9.69. The van der Waals surface area contributed by atoms with Crippen molar-refractivity contribution in [2.75, 3.05) is 5.32 Å². The van der Waals surface area contributed by atoms with E-state index in [-0.39, 0.29) is 18.7 Å². The maximum atomic E-state index is 13.7. The van der Waals surface area contributed by atoms with E-state index < -0.39 is 29.1 Å². The molecule has 2 aliphatic carbocycles. The van der Waals surface area contributed by atoms with Gasteiger partial charge in [-0.2, -0.15) is 5.10 Å². The predicted molar refractivity (Wildman–Crippen MR) is 83.4 cm³/mol. The number of amides is 1. The molecule has 0 aliphatic heterocycles. The van der Waals surface area contributed by atoms with Crippen molar-refractivity contribution in [3.05, 3.63) is 42.7 Å². The average Bonchev–Trinajstić information content (AvgIpc) is 2.87. The van der Waals surface area contributed by atoms with Gasteiger partial charge in [0.25, 0.3) is 5.92 Å². The fraction of sp³-hybridized carbons (Fsp3) is 0.353. The first kappa shape index (κ1) is 15.7. The van der Waals surface area contributed by atoms with Gasteiger partial charge in [-0.15, -0.1) is 0 Å². The summed E-state index contributed by atoms with van der Waals surface area (Å²) in [5, 5.41) is 15.8. The van der Waals surface area contributed by atoms with E-state index in [1.165, 1.54) is 0 Å². The van der Waals surface area contributed by atoms with Gasteiger partial charge in [-0.05, 0) is 31.0 Å². The number of hydrogen-bond acceptors (Lipinski definition) is 3. The van der Waals surface area contributed by atoms with Crippen LogP contribution < -0.4 is 5.32 Å². The number of carboxylic acids is 1. The molecule has 2 N–H and O–H groups in total. The minimum Gasteiger partial charge on any atom is -0.481 e. The smallest absolute Gasteiger partial charge is 0.313 e. The minimum atomic E-state index is -3.22. The lowest BCUT2D eigenvalue weighted by molar-refractivity contribution is -0.142. The van der Waals surface area contributed by atoms with Crippen molar-refractivity contribution in [2.45, 2.75) is 18.8 Å². The van der Waals surface area contributed by atoms with Crippen LogP contribution in [0.2, 0.25) is 0 Å². The molecule has 25 heavy (non-hydrogen) atoms. The summed E-state index contributed by atoms with van der Waals surface area (Å²) in [6, 6.07) is 8.78. The molecule has 0 radical (unpaired) electrons. The summed E-state index contributed by atoms with van der Waals surface area (Å²) < 4.78 is 29.1. The molecule has 130 valence electrons. The molecule has 0 saturated heterocycles. The van der Waals surface area contributed by atoms with E-state index in [0.29, 0.717) is 11.4 Å². The van der Waals surface area contributed by atoms with E-state index in [4.69, 9.17) is 5.11 Å². The molecule has 8 heteroatoms. The van der Waals surface area contributed by atoms with Crippen molar-refractivity contribution < 1.29 is 23.5 Å². The van der Waals surface area contributed by atoms with E-state index in [1.54, 1.807) is 47.4 Å². The number of carboxylic acid groups (broad SMARTS) is 1. The maximum Gasteiger partial charge on any atom is 0.313 e. The molecular weight excluding hydrogens is 332 g/mol. The number of anilines is 1. The third kappa shape index (κ3) is 2.16. The molecule has 1 unspecified atom stereocenters. The number of nitrogens with one attached hydrogen (secondary N) is 1. The highest BCUT2D eigenvalue weighted by atomic mass is 19.3. The lowest BCUT2D eigenvalue weighted by Crippen LogP contribution is -2.39. The fourth-order valence-electron chi connectivity index (χ4n) is 3.84. The maximum absolute atomic E-state index is 13.7. The Labute approximate surface area is 141 Å². The first-order valence-corrected chi connectivity index (χ1v) is 7.87. The summed E-state index contributed by atoms with van der Waals surface area (Å²) in [4.78, 5) is 23.3. The number of carbonyl (C=O) groups is 2. The molecule has 1 amide bonds. The Morgan fingerprint density at radius 2 is 1.96 bits per heavy atom. The second kappa shape index (κ2) is 5.11. The van der Waals surface area contributed by atoms with Gasteiger partial charge in [0.2, 0.25) is 5.91 Å². The first-order valence-electron chi connectivity index (χ1n) is 7.87. The number of halogens is 2. The van der Waals surface area contributed by atoms with Gasteiger partial charge >= 0.3 is 5.97 Å². The Kier molecular flexibility index (Phi) is 3.22. The number of carbonyl (C=O) groups excluding carboxylic acids is 1. The molecule has 2 saturated carbocycles. The molecular formula is C17H15F2N3O3. The van der Waals surface area contributed by atoms with E-state index in [1.807, 2.05) is 0 Å². The fourth-order valence-corrected chi connectivity index (χ4v) is 3.84. The normalized spacial score (nSPS) is 29.0. The van der Waals surface area contributed by atoms with Gasteiger partial charge < -0.3 is 10.4 Å². The Balaban J connectivity index is 1.47. The summed E-state index contributed by atoms with van der Waals surface area (Å²) in [6.07, 6.45) is 3.13. The van der Waals surface area contributed by atoms with Crippen LogP contribution in [0.5, 0.6) is 0 Å². The van der Waals surface area contributed by atoms with Gasteiger partial charge in [0.15, 0.2) is 0 Å². The number of benzene rings is 1. The van der Waals surface area contributed by atoms with E-state index >= 15 is 0 Å². The van der Waals surface area contributed by atoms with E-state index in [9.17, 15) is 18.4 Å². The minimum absolute atomic E-state index is 0.104. The van der Waals surface area contributed by atoms with Gasteiger partial charge in [0, 0.05) is 18.3 Å². The highest BCUT2D eigenvalue weighted by Gasteiger charge is 2.87. The zero-order valence-corrected chi connectivity index (χ0v) is 13.0. The Morgan fingerprint density at radius 1 is 1.24 bits per heavy atom. The third-order valence-corrected chi connectivity index (χ3v) is 5.25. The molecule has 6 nitrogen and oxygen atoms in total. The van der Waals surface area contributed by atoms with Gasteiger partial charge in [-0.1, -0.05) is 12.1 Å². The van der Waals surface area contributed by atoms with Crippen molar-refractivity contribution in [2.24, 2.45) is 17.3 Å². The van der Waals surface area contributed by atoms with Crippen molar-refractivity contribution >= 4 is 17.6 Å². The zero-order valence-electron chi connectivity index (χ0n) is 13.0. The largest absolute Gasteiger partial charge is 0.481 e. The summed E-state index contributed by atoms with van der Waals surface area (Å²) >= 11 is 0. The van der Waals surface area contributed by atoms with E-state index in [0.717, 1.165) is 0 Å². The van der Waals surface area contributed by atoms with Crippen LogP contribution in [0.4, 0.5) is 14.5 Å². The molecule has 0 bridgehead atoms. The number of aliphatic carboxylic acids is 1. The molecule has 2 fully saturated rings. The van der Waals surface area contributed by atoms with Crippen molar-refractivity contribution in [3.63, 3.8) is 0 Å². The van der Waals surface area contributed by atoms with Crippen LogP contribution in [-0.4, -0.2) is 32.7 Å². The number of alkyl halides is 2. The van der Waals surface area contributed by atoms with E-state index in [2.05, 4.69) is 10.4 Å². The molecule has 2 aliphatic rings. The van der Waals surface area contributed by atoms with Crippen LogP contribution in [0.25, 0.3) is 5.69 Å². The van der Waals surface area contributed by atoms with Crippen LogP contribution in [0, 0.1) is 17.3 Å². The predicted octanol–water partition coefficient (Wildman–Crippen LogP) is 2.56. The second-order valence-electron chi connectivity index (χ2n) is 6.61. The van der Waals surface area contributed by atoms with Gasteiger partial charge in [-0.25, -0.2) is 13.5 Å². The number of hydrogen-bond donors (Lipinski definition) is 2. The third-order valence-electron chi connectivity index (χ3n) is 5.25. The van der Waals surface area contributed by atoms with Gasteiger partial charge in [-0.3, -0.25) is 9.59 Å². The first-order chi connectivity index (χ1) is 11.9. The monoisotopic (exact) mass is 347 g/mol. The molecule has 1 spiro atoms. The van der Waals surface area contributed by atoms with Crippen LogP contribution in [0.1, 0.15) is 12.8 Å². The SMILES string of the molecule is O=C(Nc1ccccc1-n1cccn1)C1CC2(C1)C(C(=O)O)C2(F)F. The number of aromatic nitrogens is 2. The van der Waals surface area contributed by atoms with Crippen molar-refractivity contribution in [1.29, 1.82) is 0 Å². The number of para-hydroxylation sites is 2. The average molecular weight is 347 g/mol. The molecule has 2 aromatic rings. The zero-order chi connectivity index (χ0) is 17.8. The van der Waals surface area contributed by atoms with Crippen molar-refractivity contribution in [3.8, 4) is 5.69 Å².